The van der Waals surface area contributed by atoms with Crippen LogP contribution in [0.25, 0.3) is 11.3 Å². The summed E-state index contributed by atoms with van der Waals surface area (Å²) in [6.07, 6.45) is 0. The zero-order valence-electron chi connectivity index (χ0n) is 15.0. The van der Waals surface area contributed by atoms with Crippen LogP contribution in [-0.4, -0.2) is 16.0 Å². The third-order valence-corrected chi connectivity index (χ3v) is 3.64. The first-order valence-corrected chi connectivity index (χ1v) is 8.41. The van der Waals surface area contributed by atoms with Crippen molar-refractivity contribution in [1.82, 2.24) is 9.97 Å². The summed E-state index contributed by atoms with van der Waals surface area (Å²) in [6.45, 7) is 3.79. The van der Waals surface area contributed by atoms with E-state index in [9.17, 15) is 17.6 Å². The van der Waals surface area contributed by atoms with Crippen LogP contribution in [0, 0.1) is 23.3 Å². The maximum atomic E-state index is 13.8. The summed E-state index contributed by atoms with van der Waals surface area (Å²) in [6, 6.07) is 10.9. The molecule has 28 heavy (non-hydrogen) atoms. The molecule has 0 bridgehead atoms. The van der Waals surface area contributed by atoms with Crippen molar-refractivity contribution in [2.45, 2.75) is 19.9 Å². The molecular weight excluding hydrogens is 374 g/mol. The molecule has 2 aromatic carbocycles. The van der Waals surface area contributed by atoms with Gasteiger partial charge in [0.2, 0.25) is 5.95 Å². The fraction of sp³-hybridized carbons (Fsp3) is 0.158. The first kappa shape index (κ1) is 19.4. The van der Waals surface area contributed by atoms with E-state index < -0.39 is 29.0 Å². The average Bonchev–Trinajstić information content (AvgIpc) is 2.66. The number of benzene rings is 2. The fourth-order valence-electron chi connectivity index (χ4n) is 2.40. The van der Waals surface area contributed by atoms with E-state index in [1.165, 1.54) is 6.07 Å². The van der Waals surface area contributed by atoms with E-state index in [4.69, 9.17) is 0 Å². The second-order valence-electron chi connectivity index (χ2n) is 6.22. The van der Waals surface area contributed by atoms with Gasteiger partial charge < -0.3 is 5.32 Å². The van der Waals surface area contributed by atoms with Gasteiger partial charge in [-0.1, -0.05) is 30.3 Å². The van der Waals surface area contributed by atoms with Gasteiger partial charge in [-0.2, -0.15) is 4.98 Å². The normalized spacial score (nSPS) is 10.8. The Balaban J connectivity index is 1.94. The van der Waals surface area contributed by atoms with Crippen molar-refractivity contribution in [2.75, 3.05) is 16.2 Å². The first-order chi connectivity index (χ1) is 13.3. The Morgan fingerprint density at radius 1 is 0.821 bits per heavy atom. The second-order valence-corrected chi connectivity index (χ2v) is 6.22. The highest BCUT2D eigenvalue weighted by atomic mass is 19.2. The molecule has 1 heterocycles. The van der Waals surface area contributed by atoms with Crippen LogP contribution in [0.5, 0.6) is 0 Å². The van der Waals surface area contributed by atoms with E-state index in [1.54, 1.807) is 0 Å². The Kier molecular flexibility index (Phi) is 5.62. The third-order valence-electron chi connectivity index (χ3n) is 3.64. The zero-order valence-corrected chi connectivity index (χ0v) is 15.0. The van der Waals surface area contributed by atoms with Crippen molar-refractivity contribution >= 4 is 17.5 Å². The van der Waals surface area contributed by atoms with Gasteiger partial charge in [-0.15, -0.1) is 0 Å². The summed E-state index contributed by atoms with van der Waals surface area (Å²) in [7, 11) is 0. The molecule has 3 aromatic rings. The summed E-state index contributed by atoms with van der Waals surface area (Å²) in [5.41, 5.74) is 4.94. The highest BCUT2D eigenvalue weighted by Crippen LogP contribution is 2.25. The molecular formula is C19H17F4N5. The number of rotatable bonds is 6. The number of anilines is 3. The molecule has 0 spiro atoms. The Labute approximate surface area is 158 Å². The average molecular weight is 391 g/mol. The third kappa shape index (κ3) is 4.30. The van der Waals surface area contributed by atoms with Gasteiger partial charge in [0.1, 0.15) is 5.69 Å². The van der Waals surface area contributed by atoms with E-state index in [0.717, 1.165) is 5.56 Å². The lowest BCUT2D eigenvalue weighted by Gasteiger charge is -2.15. The molecule has 0 aliphatic rings. The molecule has 0 aliphatic carbocycles. The van der Waals surface area contributed by atoms with Crippen molar-refractivity contribution in [2.24, 2.45) is 0 Å². The molecule has 0 fully saturated rings. The highest BCUT2D eigenvalue weighted by Gasteiger charge is 2.19. The van der Waals surface area contributed by atoms with Crippen LogP contribution in [-0.2, 0) is 0 Å². The van der Waals surface area contributed by atoms with Gasteiger partial charge in [-0.3, -0.25) is 10.9 Å². The van der Waals surface area contributed by atoms with Crippen molar-refractivity contribution in [3.8, 4) is 11.3 Å². The van der Waals surface area contributed by atoms with E-state index in [1.807, 2.05) is 44.2 Å². The molecule has 9 heteroatoms. The molecule has 0 unspecified atom stereocenters. The Morgan fingerprint density at radius 3 is 2.07 bits per heavy atom. The predicted molar refractivity (Wildman–Crippen MR) is 99.7 cm³/mol. The van der Waals surface area contributed by atoms with Crippen LogP contribution < -0.4 is 16.2 Å². The molecule has 1 aromatic heterocycles. The molecule has 0 aliphatic heterocycles. The van der Waals surface area contributed by atoms with Crippen LogP contribution in [0.15, 0.2) is 42.5 Å². The molecule has 0 atom stereocenters. The minimum atomic E-state index is -1.55. The molecule has 0 radical (unpaired) electrons. The minimum Gasteiger partial charge on any atom is -0.352 e. The Morgan fingerprint density at radius 2 is 1.46 bits per heavy atom. The van der Waals surface area contributed by atoms with Crippen molar-refractivity contribution < 1.29 is 17.6 Å². The number of halogens is 4. The van der Waals surface area contributed by atoms with Crippen LogP contribution in [0.3, 0.4) is 0 Å². The number of aromatic nitrogens is 2. The van der Waals surface area contributed by atoms with Gasteiger partial charge in [0, 0.05) is 23.7 Å². The van der Waals surface area contributed by atoms with E-state index in [-0.39, 0.29) is 23.9 Å². The number of nitrogens with one attached hydrogen (secondary N) is 3. The van der Waals surface area contributed by atoms with Gasteiger partial charge in [0.15, 0.2) is 29.1 Å². The van der Waals surface area contributed by atoms with Crippen LogP contribution in [0.1, 0.15) is 13.8 Å². The quantitative estimate of drug-likeness (QED) is 0.315. The van der Waals surface area contributed by atoms with Gasteiger partial charge in [0.25, 0.3) is 0 Å². The molecule has 0 saturated carbocycles. The molecule has 0 amide bonds. The van der Waals surface area contributed by atoms with Gasteiger partial charge in [-0.25, -0.2) is 22.5 Å². The molecule has 0 saturated heterocycles. The maximum Gasteiger partial charge on any atom is 0.225 e. The van der Waals surface area contributed by atoms with E-state index in [2.05, 4.69) is 26.1 Å². The maximum absolute atomic E-state index is 13.8. The fourth-order valence-corrected chi connectivity index (χ4v) is 2.40. The second kappa shape index (κ2) is 8.12. The van der Waals surface area contributed by atoms with Crippen molar-refractivity contribution in [3.63, 3.8) is 0 Å². The smallest absolute Gasteiger partial charge is 0.225 e. The largest absolute Gasteiger partial charge is 0.352 e. The summed E-state index contributed by atoms with van der Waals surface area (Å²) < 4.78 is 54.3. The predicted octanol–water partition coefficient (Wildman–Crippen LogP) is 4.96. The zero-order chi connectivity index (χ0) is 20.3. The van der Waals surface area contributed by atoms with Gasteiger partial charge in [0.05, 0.1) is 5.69 Å². The van der Waals surface area contributed by atoms with E-state index >= 15 is 0 Å². The Bertz CT molecular complexity index is 954. The number of hydrogen-bond acceptors (Lipinski definition) is 5. The molecule has 146 valence electrons. The summed E-state index contributed by atoms with van der Waals surface area (Å²) in [5.74, 6) is -5.72. The van der Waals surface area contributed by atoms with Crippen LogP contribution in [0.4, 0.5) is 35.0 Å². The van der Waals surface area contributed by atoms with Crippen LogP contribution in [0.2, 0.25) is 0 Å². The standard InChI is InChI=1S/C19H17F4N5/c1-10(2)24-19-25-14(11-6-4-3-5-7-11)9-15(26-19)27-28-18-16(22)12(20)8-13(21)17(18)23/h3-10,28H,1-2H3,(H2,24,25,26,27). The molecule has 5 nitrogen and oxygen atoms in total. The van der Waals surface area contributed by atoms with Crippen LogP contribution >= 0.6 is 0 Å². The molecule has 3 rings (SSSR count). The lowest BCUT2D eigenvalue weighted by molar-refractivity contribution is 0.459. The lowest BCUT2D eigenvalue weighted by Crippen LogP contribution is -2.17. The number of hydrogen-bond donors (Lipinski definition) is 3. The van der Waals surface area contributed by atoms with Crippen molar-refractivity contribution in [3.05, 3.63) is 65.7 Å². The lowest BCUT2D eigenvalue weighted by atomic mass is 10.1. The highest BCUT2D eigenvalue weighted by molar-refractivity contribution is 5.65. The number of nitrogens with zero attached hydrogens (tertiary/aromatic N) is 2. The summed E-state index contributed by atoms with van der Waals surface area (Å²) in [4.78, 5) is 8.59. The monoisotopic (exact) mass is 391 g/mol. The topological polar surface area (TPSA) is 61.9 Å². The summed E-state index contributed by atoms with van der Waals surface area (Å²) in [5, 5.41) is 3.04. The van der Waals surface area contributed by atoms with Crippen molar-refractivity contribution in [1.29, 1.82) is 0 Å². The van der Waals surface area contributed by atoms with Gasteiger partial charge >= 0.3 is 0 Å². The minimum absolute atomic E-state index is 0.0269. The SMILES string of the molecule is CC(C)Nc1nc(NNc2c(F)c(F)cc(F)c2F)cc(-c2ccccc2)n1. The number of hydrazine groups is 1. The van der Waals surface area contributed by atoms with Gasteiger partial charge in [-0.05, 0) is 13.8 Å². The summed E-state index contributed by atoms with van der Waals surface area (Å²) >= 11 is 0. The Hall–Kier alpha value is -3.36. The first-order valence-electron chi connectivity index (χ1n) is 8.41. The van der Waals surface area contributed by atoms with E-state index in [0.29, 0.717) is 5.69 Å². The molecule has 3 N–H and O–H groups in total.